The fourth-order valence-corrected chi connectivity index (χ4v) is 2.85. The maximum Gasteiger partial charge on any atom is 0.410 e. The maximum atomic E-state index is 11.9. The first-order valence-corrected chi connectivity index (χ1v) is 10.4. The van der Waals surface area contributed by atoms with Crippen LogP contribution >= 0.6 is 0 Å². The van der Waals surface area contributed by atoms with Gasteiger partial charge in [0.2, 0.25) is 5.91 Å². The number of piperazine rings is 1. The molecule has 0 saturated carbocycles. The number of nitrogens with one attached hydrogen (secondary N) is 1. The zero-order valence-corrected chi connectivity index (χ0v) is 15.3. The van der Waals surface area contributed by atoms with Gasteiger partial charge in [-0.25, -0.2) is 4.79 Å². The van der Waals surface area contributed by atoms with Gasteiger partial charge in [-0.15, -0.1) is 0 Å². The van der Waals surface area contributed by atoms with E-state index < -0.39 is 14.4 Å². The van der Waals surface area contributed by atoms with Crippen LogP contribution in [0.2, 0.25) is 18.1 Å². The molecule has 0 bridgehead atoms. The molecule has 0 radical (unpaired) electrons. The summed E-state index contributed by atoms with van der Waals surface area (Å²) in [6.45, 7) is 15.3. The summed E-state index contributed by atoms with van der Waals surface area (Å²) >= 11 is 0. The number of carbonyl (C=O) groups excluding carboxylic acids is 2. The van der Waals surface area contributed by atoms with Gasteiger partial charge < -0.3 is 14.5 Å². The van der Waals surface area contributed by atoms with Crippen molar-refractivity contribution in [2.24, 2.45) is 0 Å². The van der Waals surface area contributed by atoms with Gasteiger partial charge in [-0.05, 0) is 18.1 Å². The van der Waals surface area contributed by atoms with E-state index in [2.05, 4.69) is 45.8 Å². The van der Waals surface area contributed by atoms with E-state index in [9.17, 15) is 9.59 Å². The molecule has 0 unspecified atom stereocenters. The SMILES string of the molecule is C=CCOC(=O)N1CC(=O)N[C@@H](CO[Si](C)(C)C(C)(C)C)C1. The lowest BCUT2D eigenvalue weighted by Gasteiger charge is -2.39. The maximum absolute atomic E-state index is 11.9. The molecule has 1 aliphatic heterocycles. The number of amides is 2. The quantitative estimate of drug-likeness (QED) is 0.620. The van der Waals surface area contributed by atoms with Gasteiger partial charge in [-0.2, -0.15) is 0 Å². The molecule has 1 fully saturated rings. The first-order chi connectivity index (χ1) is 10.1. The Kier molecular flexibility index (Phi) is 6.19. The molecule has 0 aromatic rings. The Balaban J connectivity index is 2.59. The zero-order chi connectivity index (χ0) is 17.0. The van der Waals surface area contributed by atoms with E-state index >= 15 is 0 Å². The van der Waals surface area contributed by atoms with Crippen molar-refractivity contribution in [2.45, 2.75) is 44.9 Å². The predicted molar refractivity (Wildman–Crippen MR) is 88.2 cm³/mol. The summed E-state index contributed by atoms with van der Waals surface area (Å²) < 4.78 is 11.1. The van der Waals surface area contributed by atoms with Gasteiger partial charge in [-0.1, -0.05) is 33.4 Å². The number of hydrogen-bond acceptors (Lipinski definition) is 4. The smallest absolute Gasteiger partial charge is 0.410 e. The van der Waals surface area contributed by atoms with Crippen LogP contribution in [0.15, 0.2) is 12.7 Å². The molecule has 22 heavy (non-hydrogen) atoms. The van der Waals surface area contributed by atoms with Crippen molar-refractivity contribution in [1.29, 1.82) is 0 Å². The van der Waals surface area contributed by atoms with Gasteiger partial charge >= 0.3 is 6.09 Å². The number of ether oxygens (including phenoxy) is 1. The molecule has 1 rings (SSSR count). The minimum absolute atomic E-state index is 0.0204. The van der Waals surface area contributed by atoms with Gasteiger partial charge in [0, 0.05) is 6.54 Å². The third-order valence-electron chi connectivity index (χ3n) is 4.17. The minimum Gasteiger partial charge on any atom is -0.445 e. The second-order valence-electron chi connectivity index (χ2n) is 7.08. The highest BCUT2D eigenvalue weighted by atomic mass is 28.4. The van der Waals surface area contributed by atoms with Crippen LogP contribution in [0.5, 0.6) is 0 Å². The van der Waals surface area contributed by atoms with E-state index in [4.69, 9.17) is 9.16 Å². The van der Waals surface area contributed by atoms with E-state index in [1.807, 2.05) is 0 Å². The highest BCUT2D eigenvalue weighted by Gasteiger charge is 2.38. The molecule has 0 aromatic heterocycles. The van der Waals surface area contributed by atoms with Crippen LogP contribution in [0, 0.1) is 0 Å². The van der Waals surface area contributed by atoms with E-state index in [1.54, 1.807) is 0 Å². The lowest BCUT2D eigenvalue weighted by Crippen LogP contribution is -2.58. The molecule has 1 heterocycles. The van der Waals surface area contributed by atoms with Crippen LogP contribution in [-0.2, 0) is 14.0 Å². The van der Waals surface area contributed by atoms with Crippen LogP contribution in [0.1, 0.15) is 20.8 Å². The molecule has 6 nitrogen and oxygen atoms in total. The number of hydrogen-bond donors (Lipinski definition) is 1. The standard InChI is InChI=1S/C15H28N2O4Si/c1-7-8-20-14(19)17-9-12(16-13(18)10-17)11-21-22(5,6)15(2,3)4/h7,12H,1,8-11H2,2-6H3,(H,16,18)/t12-/m1/s1. The Morgan fingerprint density at radius 1 is 1.50 bits per heavy atom. The summed E-state index contributed by atoms with van der Waals surface area (Å²) in [5.74, 6) is -0.189. The van der Waals surface area contributed by atoms with Crippen molar-refractivity contribution >= 4 is 20.3 Å². The molecule has 0 aliphatic carbocycles. The zero-order valence-electron chi connectivity index (χ0n) is 14.3. The van der Waals surface area contributed by atoms with Crippen LogP contribution in [0.4, 0.5) is 4.79 Å². The van der Waals surface area contributed by atoms with Crippen molar-refractivity contribution in [2.75, 3.05) is 26.3 Å². The fourth-order valence-electron chi connectivity index (χ4n) is 1.80. The second kappa shape index (κ2) is 7.28. The lowest BCUT2D eigenvalue weighted by atomic mass is 10.2. The van der Waals surface area contributed by atoms with Crippen molar-refractivity contribution in [3.05, 3.63) is 12.7 Å². The average molecular weight is 328 g/mol. The Bertz CT molecular complexity index is 432. The molecule has 1 atom stereocenters. The molecule has 1 saturated heterocycles. The van der Waals surface area contributed by atoms with E-state index in [-0.39, 0.29) is 30.1 Å². The third kappa shape index (κ3) is 5.13. The van der Waals surface area contributed by atoms with Crippen LogP contribution < -0.4 is 5.32 Å². The normalized spacial score (nSPS) is 19.6. The number of carbonyl (C=O) groups is 2. The Morgan fingerprint density at radius 2 is 2.14 bits per heavy atom. The Morgan fingerprint density at radius 3 is 2.68 bits per heavy atom. The fraction of sp³-hybridized carbons (Fsp3) is 0.733. The Labute approximate surface area is 134 Å². The molecule has 126 valence electrons. The summed E-state index contributed by atoms with van der Waals surface area (Å²) in [5, 5.41) is 2.98. The van der Waals surface area contributed by atoms with Crippen molar-refractivity contribution in [3.8, 4) is 0 Å². The lowest BCUT2D eigenvalue weighted by molar-refractivity contribution is -0.125. The van der Waals surface area contributed by atoms with Crippen LogP contribution in [-0.4, -0.2) is 57.6 Å². The molecular formula is C15H28N2O4Si. The molecule has 1 N–H and O–H groups in total. The summed E-state index contributed by atoms with van der Waals surface area (Å²) in [6, 6.07) is -0.202. The van der Waals surface area contributed by atoms with E-state index in [0.717, 1.165) is 0 Å². The first kappa shape index (κ1) is 18.7. The van der Waals surface area contributed by atoms with Gasteiger partial charge in [0.1, 0.15) is 13.2 Å². The van der Waals surface area contributed by atoms with Gasteiger partial charge in [0.15, 0.2) is 8.32 Å². The predicted octanol–water partition coefficient (Wildman–Crippen LogP) is 2.13. The first-order valence-electron chi connectivity index (χ1n) is 7.53. The molecule has 1 aliphatic rings. The number of rotatable bonds is 5. The van der Waals surface area contributed by atoms with E-state index in [1.165, 1.54) is 11.0 Å². The monoisotopic (exact) mass is 328 g/mol. The topological polar surface area (TPSA) is 67.9 Å². The average Bonchev–Trinajstić information content (AvgIpc) is 2.40. The van der Waals surface area contributed by atoms with Crippen LogP contribution in [0.25, 0.3) is 0 Å². The van der Waals surface area contributed by atoms with Crippen molar-refractivity contribution in [3.63, 3.8) is 0 Å². The van der Waals surface area contributed by atoms with Crippen molar-refractivity contribution in [1.82, 2.24) is 10.2 Å². The summed E-state index contributed by atoms with van der Waals surface area (Å²) in [4.78, 5) is 25.0. The minimum atomic E-state index is -1.88. The molecule has 7 heteroatoms. The molecule has 0 spiro atoms. The van der Waals surface area contributed by atoms with Gasteiger partial charge in [0.05, 0.1) is 12.6 Å². The van der Waals surface area contributed by atoms with Crippen molar-refractivity contribution < 1.29 is 18.8 Å². The number of nitrogens with zero attached hydrogens (tertiary/aromatic N) is 1. The molecule has 0 aromatic carbocycles. The molecule has 2 amide bonds. The van der Waals surface area contributed by atoms with Gasteiger partial charge in [0.25, 0.3) is 0 Å². The summed E-state index contributed by atoms with van der Waals surface area (Å²) in [6.07, 6.45) is 1.01. The van der Waals surface area contributed by atoms with Crippen LogP contribution in [0.3, 0.4) is 0 Å². The summed E-state index contributed by atoms with van der Waals surface area (Å²) in [7, 11) is -1.88. The highest BCUT2D eigenvalue weighted by molar-refractivity contribution is 6.74. The third-order valence-corrected chi connectivity index (χ3v) is 8.68. The van der Waals surface area contributed by atoms with Gasteiger partial charge in [-0.3, -0.25) is 9.69 Å². The van der Waals surface area contributed by atoms with E-state index in [0.29, 0.717) is 13.2 Å². The summed E-state index contributed by atoms with van der Waals surface area (Å²) in [5.41, 5.74) is 0. The second-order valence-corrected chi connectivity index (χ2v) is 11.9. The highest BCUT2D eigenvalue weighted by Crippen LogP contribution is 2.36. The largest absolute Gasteiger partial charge is 0.445 e. The molecular weight excluding hydrogens is 300 g/mol. The Hall–Kier alpha value is -1.34.